The normalized spacial score (nSPS) is 12.8. The molecule has 0 saturated carbocycles. The van der Waals surface area contributed by atoms with Crippen molar-refractivity contribution in [1.29, 1.82) is 0 Å². The number of thiazole rings is 1. The molecule has 24 heavy (non-hydrogen) atoms. The summed E-state index contributed by atoms with van der Waals surface area (Å²) >= 11 is 1.46. The molecule has 1 N–H and O–H groups in total. The standard InChI is InChI=1S/C18H21N3O2S/c1-14(7-9-22)20(12-15-5-3-2-4-6-15)13-16-11-17(23)21-8-10-24-18(21)19-16/h2-6,8,10-11,14,22H,7,9,12-13H2,1H3. The van der Waals surface area contributed by atoms with Crippen molar-refractivity contribution in [2.24, 2.45) is 0 Å². The van der Waals surface area contributed by atoms with E-state index >= 15 is 0 Å². The summed E-state index contributed by atoms with van der Waals surface area (Å²) in [5, 5.41) is 11.1. The van der Waals surface area contributed by atoms with Gasteiger partial charge in [0.2, 0.25) is 0 Å². The van der Waals surface area contributed by atoms with E-state index in [9.17, 15) is 9.90 Å². The van der Waals surface area contributed by atoms with E-state index in [2.05, 4.69) is 28.9 Å². The quantitative estimate of drug-likeness (QED) is 0.716. The van der Waals surface area contributed by atoms with Crippen molar-refractivity contribution in [3.05, 3.63) is 69.6 Å². The largest absolute Gasteiger partial charge is 0.396 e. The van der Waals surface area contributed by atoms with E-state index < -0.39 is 0 Å². The molecule has 0 aliphatic carbocycles. The second-order valence-electron chi connectivity index (χ2n) is 5.89. The van der Waals surface area contributed by atoms with E-state index in [1.807, 2.05) is 23.6 Å². The molecule has 0 bridgehead atoms. The van der Waals surface area contributed by atoms with Gasteiger partial charge in [0.25, 0.3) is 5.56 Å². The molecule has 3 aromatic rings. The zero-order valence-electron chi connectivity index (χ0n) is 13.6. The highest BCUT2D eigenvalue weighted by atomic mass is 32.1. The Labute approximate surface area is 144 Å². The van der Waals surface area contributed by atoms with Crippen molar-refractivity contribution in [1.82, 2.24) is 14.3 Å². The van der Waals surface area contributed by atoms with Gasteiger partial charge in [0.15, 0.2) is 4.96 Å². The maximum Gasteiger partial charge on any atom is 0.258 e. The third-order valence-corrected chi connectivity index (χ3v) is 4.88. The molecular formula is C18H21N3O2S. The summed E-state index contributed by atoms with van der Waals surface area (Å²) < 4.78 is 1.56. The van der Waals surface area contributed by atoms with Crippen LogP contribution in [-0.4, -0.2) is 32.0 Å². The van der Waals surface area contributed by atoms with E-state index in [0.717, 1.165) is 12.2 Å². The summed E-state index contributed by atoms with van der Waals surface area (Å²) in [6.07, 6.45) is 2.43. The number of aromatic nitrogens is 2. The minimum atomic E-state index is -0.0503. The fraction of sp³-hybridized carbons (Fsp3) is 0.333. The van der Waals surface area contributed by atoms with E-state index in [1.165, 1.54) is 16.9 Å². The van der Waals surface area contributed by atoms with Crippen LogP contribution in [0.1, 0.15) is 24.6 Å². The minimum Gasteiger partial charge on any atom is -0.396 e. The number of benzene rings is 1. The Morgan fingerprint density at radius 3 is 2.83 bits per heavy atom. The number of nitrogens with zero attached hydrogens (tertiary/aromatic N) is 3. The van der Waals surface area contributed by atoms with Gasteiger partial charge in [-0.2, -0.15) is 0 Å². The predicted molar refractivity (Wildman–Crippen MR) is 96.2 cm³/mol. The van der Waals surface area contributed by atoms with Gasteiger partial charge in [0.1, 0.15) is 0 Å². The molecule has 2 heterocycles. The highest BCUT2D eigenvalue weighted by Gasteiger charge is 2.16. The fourth-order valence-electron chi connectivity index (χ4n) is 2.73. The molecule has 0 radical (unpaired) electrons. The molecule has 3 rings (SSSR count). The van der Waals surface area contributed by atoms with Gasteiger partial charge in [0, 0.05) is 43.4 Å². The third kappa shape index (κ3) is 3.90. The first-order chi connectivity index (χ1) is 11.7. The van der Waals surface area contributed by atoms with Gasteiger partial charge in [-0.15, -0.1) is 11.3 Å². The Morgan fingerprint density at radius 1 is 1.29 bits per heavy atom. The van der Waals surface area contributed by atoms with Crippen LogP contribution < -0.4 is 5.56 Å². The van der Waals surface area contributed by atoms with Crippen LogP contribution in [0.15, 0.2) is 52.8 Å². The average Bonchev–Trinajstić information content (AvgIpc) is 3.04. The maximum absolute atomic E-state index is 12.2. The van der Waals surface area contributed by atoms with Crippen LogP contribution in [-0.2, 0) is 13.1 Å². The molecule has 126 valence electrons. The molecule has 6 heteroatoms. The van der Waals surface area contributed by atoms with Crippen LogP contribution in [0.3, 0.4) is 0 Å². The van der Waals surface area contributed by atoms with E-state index in [0.29, 0.717) is 17.9 Å². The smallest absolute Gasteiger partial charge is 0.258 e. The molecule has 0 aliphatic rings. The molecule has 5 nitrogen and oxygen atoms in total. The predicted octanol–water partition coefficient (Wildman–Crippen LogP) is 2.53. The first-order valence-electron chi connectivity index (χ1n) is 8.02. The maximum atomic E-state index is 12.2. The monoisotopic (exact) mass is 343 g/mol. The van der Waals surface area contributed by atoms with E-state index in [-0.39, 0.29) is 18.2 Å². The second-order valence-corrected chi connectivity index (χ2v) is 6.77. The molecule has 0 aliphatic heterocycles. The molecular weight excluding hydrogens is 322 g/mol. The van der Waals surface area contributed by atoms with Crippen LogP contribution in [0.5, 0.6) is 0 Å². The Kier molecular flexibility index (Phi) is 5.40. The average molecular weight is 343 g/mol. The first kappa shape index (κ1) is 16.8. The number of fused-ring (bicyclic) bond motifs is 1. The lowest BCUT2D eigenvalue weighted by Gasteiger charge is -2.28. The summed E-state index contributed by atoms with van der Waals surface area (Å²) in [7, 11) is 0. The molecule has 1 aromatic carbocycles. The highest BCUT2D eigenvalue weighted by Crippen LogP contribution is 2.15. The van der Waals surface area contributed by atoms with Crippen LogP contribution in [0.25, 0.3) is 4.96 Å². The lowest BCUT2D eigenvalue weighted by Crippen LogP contribution is -2.33. The van der Waals surface area contributed by atoms with Crippen LogP contribution in [0, 0.1) is 0 Å². The SMILES string of the molecule is CC(CCO)N(Cc1ccccc1)Cc1cc(=O)n2ccsc2n1. The van der Waals surface area contributed by atoms with Crippen LogP contribution in [0.2, 0.25) is 0 Å². The molecule has 0 fully saturated rings. The van der Waals surface area contributed by atoms with Crippen molar-refractivity contribution in [2.45, 2.75) is 32.5 Å². The summed E-state index contributed by atoms with van der Waals surface area (Å²) in [4.78, 5) is 19.7. The molecule has 2 aromatic heterocycles. The number of hydrogen-bond donors (Lipinski definition) is 1. The first-order valence-corrected chi connectivity index (χ1v) is 8.90. The van der Waals surface area contributed by atoms with Gasteiger partial charge < -0.3 is 5.11 Å². The molecule has 0 spiro atoms. The summed E-state index contributed by atoms with van der Waals surface area (Å²) in [6.45, 7) is 3.58. The number of hydrogen-bond acceptors (Lipinski definition) is 5. The third-order valence-electron chi connectivity index (χ3n) is 4.12. The Bertz CT molecular complexity index is 844. The zero-order valence-corrected chi connectivity index (χ0v) is 14.4. The molecule has 0 amide bonds. The zero-order chi connectivity index (χ0) is 16.9. The van der Waals surface area contributed by atoms with Crippen molar-refractivity contribution in [2.75, 3.05) is 6.61 Å². The highest BCUT2D eigenvalue weighted by molar-refractivity contribution is 7.15. The minimum absolute atomic E-state index is 0.0503. The topological polar surface area (TPSA) is 57.8 Å². The molecule has 1 atom stereocenters. The van der Waals surface area contributed by atoms with Gasteiger partial charge in [-0.05, 0) is 18.9 Å². The van der Waals surface area contributed by atoms with Crippen molar-refractivity contribution in [3.63, 3.8) is 0 Å². The van der Waals surface area contributed by atoms with Crippen molar-refractivity contribution in [3.8, 4) is 0 Å². The van der Waals surface area contributed by atoms with Crippen molar-refractivity contribution < 1.29 is 5.11 Å². The van der Waals surface area contributed by atoms with Crippen LogP contribution in [0.4, 0.5) is 0 Å². The molecule has 0 saturated heterocycles. The fourth-order valence-corrected chi connectivity index (χ4v) is 3.47. The molecule has 1 unspecified atom stereocenters. The van der Waals surface area contributed by atoms with Crippen LogP contribution >= 0.6 is 11.3 Å². The number of rotatable bonds is 7. The number of aliphatic hydroxyl groups is 1. The summed E-state index contributed by atoms with van der Waals surface area (Å²) in [5.74, 6) is 0. The second kappa shape index (κ2) is 7.70. The number of aliphatic hydroxyl groups excluding tert-OH is 1. The van der Waals surface area contributed by atoms with Gasteiger partial charge >= 0.3 is 0 Å². The summed E-state index contributed by atoms with van der Waals surface area (Å²) in [5.41, 5.74) is 1.92. The van der Waals surface area contributed by atoms with Gasteiger partial charge in [0.05, 0.1) is 5.69 Å². The van der Waals surface area contributed by atoms with Crippen molar-refractivity contribution >= 4 is 16.3 Å². The lowest BCUT2D eigenvalue weighted by molar-refractivity contribution is 0.152. The Hall–Kier alpha value is -2.02. The summed E-state index contributed by atoms with van der Waals surface area (Å²) in [6, 6.07) is 12.0. The van der Waals surface area contributed by atoms with E-state index in [4.69, 9.17) is 0 Å². The lowest BCUT2D eigenvalue weighted by atomic mass is 10.1. The Balaban J connectivity index is 1.85. The van der Waals surface area contributed by atoms with Gasteiger partial charge in [-0.1, -0.05) is 30.3 Å². The Morgan fingerprint density at radius 2 is 2.08 bits per heavy atom. The van der Waals surface area contributed by atoms with E-state index in [1.54, 1.807) is 16.7 Å². The van der Waals surface area contributed by atoms with Gasteiger partial charge in [-0.25, -0.2) is 4.98 Å². The van der Waals surface area contributed by atoms with Gasteiger partial charge in [-0.3, -0.25) is 14.1 Å².